The maximum atomic E-state index is 11.8. The molecular weight excluding hydrogens is 204 g/mol. The number of rotatable bonds is 4. The molecule has 2 N–H and O–H groups in total. The summed E-state index contributed by atoms with van der Waals surface area (Å²) in [4.78, 5) is 11.8. The molecule has 1 aromatic rings. The molecule has 0 aromatic heterocycles. The van der Waals surface area contributed by atoms with Crippen LogP contribution in [0.25, 0.3) is 0 Å². The van der Waals surface area contributed by atoms with Gasteiger partial charge in [-0.2, -0.15) is 0 Å². The monoisotopic (exact) mass is 222 g/mol. The van der Waals surface area contributed by atoms with E-state index in [0.29, 0.717) is 24.0 Å². The van der Waals surface area contributed by atoms with Crippen LogP contribution in [0, 0.1) is 5.92 Å². The van der Waals surface area contributed by atoms with Crippen molar-refractivity contribution >= 4 is 5.78 Å². The summed E-state index contributed by atoms with van der Waals surface area (Å²) in [5.74, 6) is 0.141. The topological polar surface area (TPSA) is 57.5 Å². The van der Waals surface area contributed by atoms with Gasteiger partial charge in [0, 0.05) is 12.0 Å². The molecule has 0 saturated heterocycles. The zero-order valence-electron chi connectivity index (χ0n) is 9.95. The van der Waals surface area contributed by atoms with Gasteiger partial charge in [-0.15, -0.1) is 0 Å². The Balaban J connectivity index is 3.11. The summed E-state index contributed by atoms with van der Waals surface area (Å²) in [6.45, 7) is 5.73. The lowest BCUT2D eigenvalue weighted by atomic mass is 9.97. The summed E-state index contributed by atoms with van der Waals surface area (Å²) in [6, 6.07) is 2.95. The SMILES string of the molecule is CCc1c(O)ccc(C(=O)CC(C)C)c1O. The van der Waals surface area contributed by atoms with Crippen LogP contribution in [0.5, 0.6) is 11.5 Å². The normalized spacial score (nSPS) is 10.8. The molecule has 0 aliphatic carbocycles. The highest BCUT2D eigenvalue weighted by atomic mass is 16.3. The van der Waals surface area contributed by atoms with Crippen LogP contribution < -0.4 is 0 Å². The second-order valence-corrected chi connectivity index (χ2v) is 4.33. The van der Waals surface area contributed by atoms with E-state index in [2.05, 4.69) is 0 Å². The van der Waals surface area contributed by atoms with E-state index in [-0.39, 0.29) is 23.2 Å². The maximum Gasteiger partial charge on any atom is 0.166 e. The van der Waals surface area contributed by atoms with Crippen molar-refractivity contribution in [3.8, 4) is 11.5 Å². The third kappa shape index (κ3) is 2.54. The van der Waals surface area contributed by atoms with Crippen LogP contribution in [0.1, 0.15) is 43.1 Å². The van der Waals surface area contributed by atoms with Crippen molar-refractivity contribution < 1.29 is 15.0 Å². The first kappa shape index (κ1) is 12.6. The predicted octanol–water partition coefficient (Wildman–Crippen LogP) is 2.89. The van der Waals surface area contributed by atoms with E-state index >= 15 is 0 Å². The average Bonchev–Trinajstić information content (AvgIpc) is 2.17. The maximum absolute atomic E-state index is 11.8. The lowest BCUT2D eigenvalue weighted by molar-refractivity contribution is 0.0965. The number of Topliss-reactive ketones (excluding diaryl/α,β-unsaturated/α-hetero) is 1. The van der Waals surface area contributed by atoms with Crippen LogP contribution in [-0.4, -0.2) is 16.0 Å². The van der Waals surface area contributed by atoms with E-state index < -0.39 is 0 Å². The number of hydrogen-bond donors (Lipinski definition) is 2. The first-order valence-corrected chi connectivity index (χ1v) is 5.54. The summed E-state index contributed by atoms with van der Waals surface area (Å²) in [5, 5.41) is 19.4. The minimum absolute atomic E-state index is 0.0427. The molecule has 3 nitrogen and oxygen atoms in total. The molecule has 0 unspecified atom stereocenters. The summed E-state index contributed by atoms with van der Waals surface area (Å²) in [7, 11) is 0. The van der Waals surface area contributed by atoms with Crippen LogP contribution in [0.4, 0.5) is 0 Å². The number of phenols is 2. The lowest BCUT2D eigenvalue weighted by Gasteiger charge is -2.10. The molecular formula is C13H18O3. The quantitative estimate of drug-likeness (QED) is 0.770. The molecule has 16 heavy (non-hydrogen) atoms. The van der Waals surface area contributed by atoms with Crippen molar-refractivity contribution in [2.45, 2.75) is 33.6 Å². The zero-order chi connectivity index (χ0) is 12.3. The Bertz CT molecular complexity index is 394. The summed E-state index contributed by atoms with van der Waals surface area (Å²) >= 11 is 0. The summed E-state index contributed by atoms with van der Waals surface area (Å²) in [5.41, 5.74) is 0.748. The Labute approximate surface area is 95.7 Å². The predicted molar refractivity (Wildman–Crippen MR) is 62.9 cm³/mol. The van der Waals surface area contributed by atoms with E-state index in [9.17, 15) is 15.0 Å². The van der Waals surface area contributed by atoms with Gasteiger partial charge in [-0.1, -0.05) is 20.8 Å². The fourth-order valence-electron chi connectivity index (χ4n) is 1.68. The number of phenolic OH excluding ortho intramolecular Hbond substituents is 2. The number of aromatic hydroxyl groups is 2. The number of carbonyl (C=O) groups excluding carboxylic acids is 1. The zero-order valence-corrected chi connectivity index (χ0v) is 9.95. The van der Waals surface area contributed by atoms with Crippen LogP contribution in [0.3, 0.4) is 0 Å². The van der Waals surface area contributed by atoms with Gasteiger partial charge >= 0.3 is 0 Å². The molecule has 1 rings (SSSR count). The number of benzene rings is 1. The second-order valence-electron chi connectivity index (χ2n) is 4.33. The fraction of sp³-hybridized carbons (Fsp3) is 0.462. The molecule has 0 fully saturated rings. The molecule has 0 amide bonds. The van der Waals surface area contributed by atoms with Crippen LogP contribution in [0.15, 0.2) is 12.1 Å². The van der Waals surface area contributed by atoms with Gasteiger partial charge in [0.1, 0.15) is 11.5 Å². The molecule has 88 valence electrons. The standard InChI is InChI=1S/C13H18O3/c1-4-9-11(14)6-5-10(13(9)16)12(15)7-8(2)3/h5-6,8,14,16H,4,7H2,1-3H3. The molecule has 0 atom stereocenters. The molecule has 0 aliphatic heterocycles. The number of ketones is 1. The van der Waals surface area contributed by atoms with Gasteiger partial charge in [0.2, 0.25) is 0 Å². The van der Waals surface area contributed by atoms with Crippen molar-refractivity contribution in [2.24, 2.45) is 5.92 Å². The molecule has 1 aromatic carbocycles. The minimum atomic E-state index is -0.0813. The van der Waals surface area contributed by atoms with Gasteiger partial charge in [0.05, 0.1) is 5.56 Å². The first-order valence-electron chi connectivity index (χ1n) is 5.54. The lowest BCUT2D eigenvalue weighted by Crippen LogP contribution is -2.04. The van der Waals surface area contributed by atoms with Gasteiger partial charge in [0.25, 0.3) is 0 Å². The Kier molecular flexibility index (Phi) is 3.93. The van der Waals surface area contributed by atoms with Crippen LogP contribution in [-0.2, 0) is 6.42 Å². The van der Waals surface area contributed by atoms with Crippen molar-refractivity contribution in [1.29, 1.82) is 0 Å². The summed E-state index contributed by atoms with van der Waals surface area (Å²) in [6.07, 6.45) is 0.905. The summed E-state index contributed by atoms with van der Waals surface area (Å²) < 4.78 is 0. The highest BCUT2D eigenvalue weighted by Crippen LogP contribution is 2.32. The highest BCUT2D eigenvalue weighted by molar-refractivity contribution is 5.99. The highest BCUT2D eigenvalue weighted by Gasteiger charge is 2.17. The molecule has 3 heteroatoms. The molecule has 0 spiro atoms. The fourth-order valence-corrected chi connectivity index (χ4v) is 1.68. The van der Waals surface area contributed by atoms with E-state index in [0.717, 1.165) is 0 Å². The van der Waals surface area contributed by atoms with E-state index in [1.54, 1.807) is 0 Å². The Morgan fingerprint density at radius 2 is 1.94 bits per heavy atom. The average molecular weight is 222 g/mol. The van der Waals surface area contributed by atoms with Gasteiger partial charge in [-0.05, 0) is 24.5 Å². The van der Waals surface area contributed by atoms with Crippen LogP contribution in [0.2, 0.25) is 0 Å². The van der Waals surface area contributed by atoms with Crippen molar-refractivity contribution in [3.05, 3.63) is 23.3 Å². The second kappa shape index (κ2) is 5.01. The molecule has 0 saturated carbocycles. The van der Waals surface area contributed by atoms with Gasteiger partial charge < -0.3 is 10.2 Å². The Morgan fingerprint density at radius 3 is 2.44 bits per heavy atom. The van der Waals surface area contributed by atoms with Crippen LogP contribution >= 0.6 is 0 Å². The van der Waals surface area contributed by atoms with E-state index in [4.69, 9.17) is 0 Å². The minimum Gasteiger partial charge on any atom is -0.508 e. The van der Waals surface area contributed by atoms with Gasteiger partial charge in [-0.3, -0.25) is 4.79 Å². The smallest absolute Gasteiger partial charge is 0.166 e. The largest absolute Gasteiger partial charge is 0.508 e. The van der Waals surface area contributed by atoms with E-state index in [1.807, 2.05) is 20.8 Å². The molecule has 0 aliphatic rings. The third-order valence-electron chi connectivity index (χ3n) is 2.51. The van der Waals surface area contributed by atoms with Crippen molar-refractivity contribution in [2.75, 3.05) is 0 Å². The van der Waals surface area contributed by atoms with Gasteiger partial charge in [-0.25, -0.2) is 0 Å². The molecule has 0 radical (unpaired) electrons. The number of carbonyl (C=O) groups is 1. The van der Waals surface area contributed by atoms with Crippen molar-refractivity contribution in [1.82, 2.24) is 0 Å². The Morgan fingerprint density at radius 1 is 1.31 bits per heavy atom. The van der Waals surface area contributed by atoms with Crippen molar-refractivity contribution in [3.63, 3.8) is 0 Å². The number of hydrogen-bond acceptors (Lipinski definition) is 3. The Hall–Kier alpha value is -1.51. The first-order chi connectivity index (χ1) is 7.47. The van der Waals surface area contributed by atoms with Gasteiger partial charge in [0.15, 0.2) is 5.78 Å². The molecule has 0 heterocycles. The molecule has 0 bridgehead atoms. The van der Waals surface area contributed by atoms with E-state index in [1.165, 1.54) is 12.1 Å². The third-order valence-corrected chi connectivity index (χ3v) is 2.51.